The quantitative estimate of drug-likeness (QED) is 0.570. The Morgan fingerprint density at radius 2 is 1.83 bits per heavy atom. The predicted molar refractivity (Wildman–Crippen MR) is 121 cm³/mol. The number of fused-ring (bicyclic) bond motifs is 2. The first kappa shape index (κ1) is 18.2. The van der Waals surface area contributed by atoms with Gasteiger partial charge in [-0.2, -0.15) is 0 Å². The van der Waals surface area contributed by atoms with Crippen molar-refractivity contribution < 1.29 is 4.57 Å². The van der Waals surface area contributed by atoms with E-state index in [1.54, 1.807) is 5.56 Å². The highest BCUT2D eigenvalue weighted by molar-refractivity contribution is 5.95. The Bertz CT molecular complexity index is 1130. The van der Waals surface area contributed by atoms with Crippen LogP contribution in [0.5, 0.6) is 0 Å². The molecule has 0 amide bonds. The smallest absolute Gasteiger partial charge is 0.220 e. The highest BCUT2D eigenvalue weighted by Gasteiger charge is 2.30. The molecule has 1 aromatic heterocycles. The van der Waals surface area contributed by atoms with Gasteiger partial charge in [0, 0.05) is 31.2 Å². The third kappa shape index (κ3) is 2.83. The number of anilines is 1. The molecule has 5 rings (SSSR count). The fourth-order valence-corrected chi connectivity index (χ4v) is 5.12. The highest BCUT2D eigenvalue weighted by Crippen LogP contribution is 2.42. The molecule has 2 aliphatic rings. The molecule has 0 unspecified atom stereocenters. The van der Waals surface area contributed by atoms with Gasteiger partial charge in [-0.25, -0.2) is 4.57 Å². The second-order valence-electron chi connectivity index (χ2n) is 8.61. The fraction of sp³-hybridized carbons (Fsp3) is 0.346. The normalized spacial score (nSPS) is 18.6. The number of aryl methyl sites for hydroxylation is 2. The molecule has 1 aliphatic heterocycles. The number of hydrogen-bond donors (Lipinski definition) is 0. The Morgan fingerprint density at radius 1 is 1.03 bits per heavy atom. The van der Waals surface area contributed by atoms with Crippen LogP contribution in [0.4, 0.5) is 5.69 Å². The number of rotatable bonds is 2. The van der Waals surface area contributed by atoms with Crippen molar-refractivity contribution in [1.82, 2.24) is 4.90 Å². The number of hydrogen-bond acceptors (Lipinski definition) is 2. The minimum absolute atomic E-state index is 0.344. The van der Waals surface area contributed by atoms with Crippen LogP contribution in [0, 0.1) is 6.92 Å². The van der Waals surface area contributed by atoms with Gasteiger partial charge in [-0.1, -0.05) is 18.2 Å². The van der Waals surface area contributed by atoms with Crippen LogP contribution < -0.4 is 9.47 Å². The monoisotopic (exact) mass is 384 g/mol. The largest absolute Gasteiger partial charge is 0.359 e. The van der Waals surface area contributed by atoms with Crippen LogP contribution in [0.15, 0.2) is 55.0 Å². The summed E-state index contributed by atoms with van der Waals surface area (Å²) >= 11 is 0. The maximum absolute atomic E-state index is 2.49. The number of pyridine rings is 1. The Hall–Kier alpha value is -2.81. The van der Waals surface area contributed by atoms with E-state index in [4.69, 9.17) is 0 Å². The summed E-state index contributed by atoms with van der Waals surface area (Å²) < 4.78 is 2.29. The van der Waals surface area contributed by atoms with Crippen molar-refractivity contribution in [3.8, 4) is 11.3 Å². The van der Waals surface area contributed by atoms with Gasteiger partial charge in [0.15, 0.2) is 6.20 Å². The minimum Gasteiger partial charge on any atom is -0.359 e. The van der Waals surface area contributed by atoms with Gasteiger partial charge in [-0.15, -0.1) is 0 Å². The molecular formula is C26H30N3+. The first-order chi connectivity index (χ1) is 14.1. The Balaban J connectivity index is 1.81. The van der Waals surface area contributed by atoms with Gasteiger partial charge in [-0.3, -0.25) is 0 Å². The maximum Gasteiger partial charge on any atom is 0.220 e. The summed E-state index contributed by atoms with van der Waals surface area (Å²) in [6.45, 7) is 4.61. The molecule has 1 atom stereocenters. The van der Waals surface area contributed by atoms with Gasteiger partial charge >= 0.3 is 0 Å². The summed E-state index contributed by atoms with van der Waals surface area (Å²) in [5.41, 5.74) is 8.61. The van der Waals surface area contributed by atoms with Crippen LogP contribution in [-0.2, 0) is 19.9 Å². The average Bonchev–Trinajstić information content (AvgIpc) is 3.06. The lowest BCUT2D eigenvalue weighted by molar-refractivity contribution is -0.659. The first-order valence-electron chi connectivity index (χ1n) is 10.8. The van der Waals surface area contributed by atoms with Gasteiger partial charge in [0.05, 0.1) is 10.9 Å². The Morgan fingerprint density at radius 3 is 2.62 bits per heavy atom. The molecule has 3 aromatic rings. The lowest BCUT2D eigenvalue weighted by atomic mass is 9.84. The molecule has 3 heteroatoms. The zero-order valence-corrected chi connectivity index (χ0v) is 17.9. The molecule has 0 radical (unpaired) electrons. The topological polar surface area (TPSA) is 10.4 Å². The van der Waals surface area contributed by atoms with Crippen molar-refractivity contribution >= 4 is 16.5 Å². The molecule has 3 nitrogen and oxygen atoms in total. The highest BCUT2D eigenvalue weighted by atomic mass is 15.4. The van der Waals surface area contributed by atoms with E-state index in [-0.39, 0.29) is 0 Å². The van der Waals surface area contributed by atoms with E-state index in [0.717, 1.165) is 0 Å². The summed E-state index contributed by atoms with van der Waals surface area (Å²) in [6.07, 6.45) is 12.0. The molecule has 0 bridgehead atoms. The SMILES string of the molecule is Cc1c(-c2c3ccccc3cc[n+]2C)cc2c(c1N1C=CN(C)[C@H]1C)CCCC2. The molecular weight excluding hydrogens is 354 g/mol. The van der Waals surface area contributed by atoms with Crippen molar-refractivity contribution in [2.75, 3.05) is 11.9 Å². The number of benzene rings is 2. The second-order valence-corrected chi connectivity index (χ2v) is 8.61. The van der Waals surface area contributed by atoms with E-state index in [9.17, 15) is 0 Å². The molecule has 0 saturated heterocycles. The summed E-state index contributed by atoms with van der Waals surface area (Å²) in [7, 11) is 4.34. The van der Waals surface area contributed by atoms with E-state index >= 15 is 0 Å². The summed E-state index contributed by atoms with van der Waals surface area (Å²) in [6, 6.07) is 13.5. The van der Waals surface area contributed by atoms with Crippen molar-refractivity contribution in [3.05, 3.63) is 71.7 Å². The third-order valence-corrected chi connectivity index (χ3v) is 6.89. The van der Waals surface area contributed by atoms with Crippen molar-refractivity contribution in [2.45, 2.75) is 45.7 Å². The average molecular weight is 385 g/mol. The van der Waals surface area contributed by atoms with E-state index in [2.05, 4.69) is 97.3 Å². The fourth-order valence-electron chi connectivity index (χ4n) is 5.12. The zero-order valence-electron chi connectivity index (χ0n) is 17.9. The molecule has 0 N–H and O–H groups in total. The molecule has 1 aliphatic carbocycles. The van der Waals surface area contributed by atoms with Crippen LogP contribution >= 0.6 is 0 Å². The number of nitrogens with zero attached hydrogens (tertiary/aromatic N) is 3. The van der Waals surface area contributed by atoms with Gasteiger partial charge in [0.25, 0.3) is 0 Å². The summed E-state index contributed by atoms with van der Waals surface area (Å²) in [5.74, 6) is 0. The van der Waals surface area contributed by atoms with Gasteiger partial charge in [0.2, 0.25) is 5.69 Å². The standard InChI is InChI=1S/C26H30N3/c1-18-24(26-22-11-7-5-9-20(22)13-14-28(26)4)17-21-10-6-8-12-23(21)25(18)29-16-15-27(3)19(29)2/h5,7,9,11,13-17,19H,6,8,10,12H2,1-4H3/q+1/t19-/m1/s1. The first-order valence-corrected chi connectivity index (χ1v) is 10.8. The maximum atomic E-state index is 2.49. The molecule has 2 aromatic carbocycles. The third-order valence-electron chi connectivity index (χ3n) is 6.89. The predicted octanol–water partition coefficient (Wildman–Crippen LogP) is 5.09. The molecule has 148 valence electrons. The van der Waals surface area contributed by atoms with Crippen molar-refractivity contribution in [1.29, 1.82) is 0 Å². The van der Waals surface area contributed by atoms with Crippen LogP contribution in [0.1, 0.15) is 36.5 Å². The van der Waals surface area contributed by atoms with E-state index < -0.39 is 0 Å². The lowest BCUT2D eigenvalue weighted by Crippen LogP contribution is -2.35. The van der Waals surface area contributed by atoms with E-state index in [1.165, 1.54) is 64.5 Å². The van der Waals surface area contributed by atoms with Crippen LogP contribution in [0.3, 0.4) is 0 Å². The Kier molecular flexibility index (Phi) is 4.34. The molecule has 0 saturated carbocycles. The van der Waals surface area contributed by atoms with Gasteiger partial charge < -0.3 is 9.80 Å². The van der Waals surface area contributed by atoms with Crippen LogP contribution in [0.25, 0.3) is 22.0 Å². The summed E-state index contributed by atoms with van der Waals surface area (Å²) in [5, 5.41) is 2.62. The summed E-state index contributed by atoms with van der Waals surface area (Å²) in [4.78, 5) is 4.77. The molecule has 2 heterocycles. The van der Waals surface area contributed by atoms with E-state index in [1.807, 2.05) is 0 Å². The van der Waals surface area contributed by atoms with Crippen molar-refractivity contribution in [3.63, 3.8) is 0 Å². The van der Waals surface area contributed by atoms with Gasteiger partial charge in [0.1, 0.15) is 13.2 Å². The second kappa shape index (κ2) is 6.91. The molecule has 0 fully saturated rings. The number of aromatic nitrogens is 1. The van der Waals surface area contributed by atoms with E-state index in [0.29, 0.717) is 6.17 Å². The molecule has 0 spiro atoms. The van der Waals surface area contributed by atoms with Crippen LogP contribution in [0.2, 0.25) is 0 Å². The van der Waals surface area contributed by atoms with Crippen LogP contribution in [-0.4, -0.2) is 18.1 Å². The zero-order chi connectivity index (χ0) is 20.1. The molecule has 29 heavy (non-hydrogen) atoms. The van der Waals surface area contributed by atoms with Gasteiger partial charge in [-0.05, 0) is 73.7 Å². The van der Waals surface area contributed by atoms with Crippen molar-refractivity contribution in [2.24, 2.45) is 7.05 Å². The Labute approximate surface area is 173 Å². The lowest BCUT2D eigenvalue weighted by Gasteiger charge is -2.33. The minimum atomic E-state index is 0.344.